The number of carbonyl (C=O) groups excluding carboxylic acids is 2. The van der Waals surface area contributed by atoms with Crippen LogP contribution in [0.1, 0.15) is 35.4 Å². The van der Waals surface area contributed by atoms with Crippen LogP contribution < -0.4 is 5.32 Å². The molecule has 3 aromatic rings. The lowest BCUT2D eigenvalue weighted by Crippen LogP contribution is -2.54. The first-order valence-electron chi connectivity index (χ1n) is 13.2. The Kier molecular flexibility index (Phi) is 7.93. The molecule has 8 heteroatoms. The molecule has 0 saturated carbocycles. The van der Waals surface area contributed by atoms with Crippen LogP contribution in [0, 0.1) is 5.41 Å². The van der Waals surface area contributed by atoms with E-state index in [1.54, 1.807) is 0 Å². The molecule has 202 valence electrons. The maximum absolute atomic E-state index is 13.8. The van der Waals surface area contributed by atoms with Crippen LogP contribution >= 0.6 is 0 Å². The van der Waals surface area contributed by atoms with E-state index in [4.69, 9.17) is 9.47 Å². The Morgan fingerprint density at radius 1 is 0.949 bits per heavy atom. The van der Waals surface area contributed by atoms with Gasteiger partial charge in [-0.1, -0.05) is 78.9 Å². The Hall–Kier alpha value is -4.17. The summed E-state index contributed by atoms with van der Waals surface area (Å²) in [7, 11) is 0. The molecule has 39 heavy (non-hydrogen) atoms. The van der Waals surface area contributed by atoms with E-state index in [1.807, 2.05) is 54.6 Å². The molecular formula is C31H32N2O6. The van der Waals surface area contributed by atoms with Crippen molar-refractivity contribution in [1.29, 1.82) is 0 Å². The molecule has 1 aliphatic carbocycles. The summed E-state index contributed by atoms with van der Waals surface area (Å²) in [6.45, 7) is 0.473. The highest BCUT2D eigenvalue weighted by Gasteiger charge is 2.44. The fourth-order valence-corrected chi connectivity index (χ4v) is 5.63. The first-order valence-corrected chi connectivity index (χ1v) is 13.2. The number of ether oxygens (including phenoxy) is 2. The van der Waals surface area contributed by atoms with Crippen LogP contribution in [0.15, 0.2) is 78.9 Å². The van der Waals surface area contributed by atoms with E-state index in [1.165, 1.54) is 4.90 Å². The van der Waals surface area contributed by atoms with Gasteiger partial charge in [0.2, 0.25) is 5.91 Å². The summed E-state index contributed by atoms with van der Waals surface area (Å²) < 4.78 is 11.3. The van der Waals surface area contributed by atoms with Crippen LogP contribution in [0.25, 0.3) is 11.1 Å². The summed E-state index contributed by atoms with van der Waals surface area (Å²) in [5.41, 5.74) is 4.26. The third kappa shape index (κ3) is 5.81. The molecule has 1 atom stereocenters. The zero-order chi connectivity index (χ0) is 27.2. The van der Waals surface area contributed by atoms with Crippen molar-refractivity contribution in [3.05, 3.63) is 95.6 Å². The number of benzene rings is 3. The minimum Gasteiger partial charge on any atom is -0.480 e. The quantitative estimate of drug-likeness (QED) is 0.426. The van der Waals surface area contributed by atoms with Gasteiger partial charge >= 0.3 is 12.1 Å². The number of rotatable bonds is 9. The van der Waals surface area contributed by atoms with Crippen molar-refractivity contribution >= 4 is 18.0 Å². The highest BCUT2D eigenvalue weighted by molar-refractivity contribution is 5.87. The van der Waals surface area contributed by atoms with Gasteiger partial charge in [0.25, 0.3) is 0 Å². The highest BCUT2D eigenvalue weighted by atomic mass is 16.5. The lowest BCUT2D eigenvalue weighted by molar-refractivity contribution is -0.156. The summed E-state index contributed by atoms with van der Waals surface area (Å²) >= 11 is 0. The predicted molar refractivity (Wildman–Crippen MR) is 145 cm³/mol. The van der Waals surface area contributed by atoms with Gasteiger partial charge < -0.3 is 24.8 Å². The SMILES string of the molecule is O=C(O)CN(Cc1ccccc1)C(=O)C1(CNC(=O)OCC2c3ccccc3-c3ccccc32)CCCOC1. The number of carboxylic acids is 1. The monoisotopic (exact) mass is 528 g/mol. The first-order chi connectivity index (χ1) is 19.0. The molecular weight excluding hydrogens is 496 g/mol. The van der Waals surface area contributed by atoms with E-state index >= 15 is 0 Å². The molecule has 2 aliphatic rings. The summed E-state index contributed by atoms with van der Waals surface area (Å²) in [5.74, 6) is -1.53. The highest BCUT2D eigenvalue weighted by Crippen LogP contribution is 2.44. The van der Waals surface area contributed by atoms with Crippen molar-refractivity contribution in [2.75, 3.05) is 32.9 Å². The number of alkyl carbamates (subject to hydrolysis) is 1. The summed E-state index contributed by atoms with van der Waals surface area (Å²) in [4.78, 5) is 39.6. The Balaban J connectivity index is 1.27. The molecule has 1 aliphatic heterocycles. The summed E-state index contributed by atoms with van der Waals surface area (Å²) in [6.07, 6.45) is 0.479. The molecule has 1 unspecified atom stereocenters. The topological polar surface area (TPSA) is 105 Å². The van der Waals surface area contributed by atoms with Gasteiger partial charge in [-0.2, -0.15) is 0 Å². The third-order valence-corrected chi connectivity index (χ3v) is 7.52. The minimum absolute atomic E-state index is 0.00653. The molecule has 0 spiro atoms. The molecule has 1 heterocycles. The lowest BCUT2D eigenvalue weighted by Gasteiger charge is -2.39. The predicted octanol–water partition coefficient (Wildman–Crippen LogP) is 4.44. The first kappa shape index (κ1) is 26.4. The Labute approximate surface area is 227 Å². The van der Waals surface area contributed by atoms with Gasteiger partial charge in [-0.25, -0.2) is 4.79 Å². The van der Waals surface area contributed by atoms with E-state index in [9.17, 15) is 19.5 Å². The maximum atomic E-state index is 13.8. The zero-order valence-electron chi connectivity index (χ0n) is 21.7. The average molecular weight is 529 g/mol. The van der Waals surface area contributed by atoms with Gasteiger partial charge in [0.1, 0.15) is 13.2 Å². The molecule has 0 radical (unpaired) electrons. The molecule has 2 amide bonds. The van der Waals surface area contributed by atoms with Crippen molar-refractivity contribution in [2.45, 2.75) is 25.3 Å². The molecule has 1 saturated heterocycles. The van der Waals surface area contributed by atoms with E-state index in [0.717, 1.165) is 27.8 Å². The number of carbonyl (C=O) groups is 3. The number of carboxylic acid groups (broad SMARTS) is 1. The minimum atomic E-state index is -1.10. The van der Waals surface area contributed by atoms with Crippen LogP contribution in [-0.2, 0) is 25.6 Å². The second-order valence-electron chi connectivity index (χ2n) is 10.2. The van der Waals surface area contributed by atoms with Gasteiger partial charge in [0, 0.05) is 25.6 Å². The molecule has 8 nitrogen and oxygen atoms in total. The van der Waals surface area contributed by atoms with Gasteiger partial charge in [0.15, 0.2) is 0 Å². The third-order valence-electron chi connectivity index (χ3n) is 7.52. The van der Waals surface area contributed by atoms with Gasteiger partial charge in [-0.05, 0) is 40.7 Å². The zero-order valence-corrected chi connectivity index (χ0v) is 21.7. The smallest absolute Gasteiger partial charge is 0.407 e. The molecule has 3 aromatic carbocycles. The average Bonchev–Trinajstić information content (AvgIpc) is 3.28. The normalized spacial score (nSPS) is 18.1. The van der Waals surface area contributed by atoms with Crippen LogP contribution in [-0.4, -0.2) is 60.9 Å². The van der Waals surface area contributed by atoms with Crippen molar-refractivity contribution in [2.24, 2.45) is 5.41 Å². The maximum Gasteiger partial charge on any atom is 0.407 e. The van der Waals surface area contributed by atoms with E-state index in [2.05, 4.69) is 29.6 Å². The van der Waals surface area contributed by atoms with Crippen LogP contribution in [0.5, 0.6) is 0 Å². The number of amides is 2. The summed E-state index contributed by atoms with van der Waals surface area (Å²) in [6, 6.07) is 25.5. The molecule has 1 fully saturated rings. The molecule has 5 rings (SSSR count). The Morgan fingerprint density at radius 2 is 1.59 bits per heavy atom. The number of nitrogens with one attached hydrogen (secondary N) is 1. The molecule has 2 N–H and O–H groups in total. The summed E-state index contributed by atoms with van der Waals surface area (Å²) in [5, 5.41) is 12.3. The van der Waals surface area contributed by atoms with E-state index < -0.39 is 24.0 Å². The standard InChI is InChI=1S/C31H32N2O6/c34-28(35)18-33(17-22-9-2-1-3-10-22)29(36)31(15-8-16-38-21-31)20-32-30(37)39-19-27-25-13-6-4-11-23(25)24-12-5-7-14-26(24)27/h1-7,9-14,27H,8,15-21H2,(H,32,37)(H,34,35). The fourth-order valence-electron chi connectivity index (χ4n) is 5.63. The number of aliphatic carboxylic acids is 1. The van der Waals surface area contributed by atoms with Crippen molar-refractivity contribution in [3.8, 4) is 11.1 Å². The number of hydrogen-bond acceptors (Lipinski definition) is 5. The molecule has 0 aromatic heterocycles. The van der Waals surface area contributed by atoms with Crippen LogP contribution in [0.3, 0.4) is 0 Å². The number of fused-ring (bicyclic) bond motifs is 3. The Morgan fingerprint density at radius 3 is 2.21 bits per heavy atom. The van der Waals surface area contributed by atoms with Crippen molar-refractivity contribution < 1.29 is 29.0 Å². The van der Waals surface area contributed by atoms with Crippen molar-refractivity contribution in [3.63, 3.8) is 0 Å². The van der Waals surface area contributed by atoms with Crippen LogP contribution in [0.2, 0.25) is 0 Å². The van der Waals surface area contributed by atoms with Gasteiger partial charge in [-0.3, -0.25) is 9.59 Å². The number of hydrogen-bond donors (Lipinski definition) is 2. The van der Waals surface area contributed by atoms with Crippen LogP contribution in [0.4, 0.5) is 4.79 Å². The van der Waals surface area contributed by atoms with Gasteiger partial charge in [-0.15, -0.1) is 0 Å². The second-order valence-corrected chi connectivity index (χ2v) is 10.2. The van der Waals surface area contributed by atoms with Crippen molar-refractivity contribution in [1.82, 2.24) is 10.2 Å². The number of nitrogens with zero attached hydrogens (tertiary/aromatic N) is 1. The lowest BCUT2D eigenvalue weighted by atomic mass is 9.80. The van der Waals surface area contributed by atoms with Gasteiger partial charge in [0.05, 0.1) is 12.0 Å². The molecule has 0 bridgehead atoms. The van der Waals surface area contributed by atoms with E-state index in [0.29, 0.717) is 19.4 Å². The fraction of sp³-hybridized carbons (Fsp3) is 0.323. The van der Waals surface area contributed by atoms with E-state index in [-0.39, 0.29) is 38.1 Å². The largest absolute Gasteiger partial charge is 0.480 e. The second kappa shape index (κ2) is 11.7. The Bertz CT molecular complexity index is 1290.